The Kier molecular flexibility index (Phi) is 5.22. The molecule has 0 saturated carbocycles. The summed E-state index contributed by atoms with van der Waals surface area (Å²) >= 11 is 0. The third kappa shape index (κ3) is 3.19. The minimum atomic E-state index is -0.145. The second-order valence-electron chi connectivity index (χ2n) is 4.73. The number of aliphatic hydroxyl groups excluding tert-OH is 1. The van der Waals surface area contributed by atoms with Crippen LogP contribution in [0.2, 0.25) is 0 Å². The molecule has 0 aliphatic carbocycles. The van der Waals surface area contributed by atoms with E-state index in [1.807, 2.05) is 0 Å². The van der Waals surface area contributed by atoms with Crippen molar-refractivity contribution < 1.29 is 9.90 Å². The first kappa shape index (κ1) is 13.5. The highest BCUT2D eigenvalue weighted by Crippen LogP contribution is 2.24. The summed E-state index contributed by atoms with van der Waals surface area (Å²) in [6.07, 6.45) is 3.78. The standard InChI is InChI=1S/C12H24N2O2/c1-3-12(4-2,9-15)8-14-11(16)10-6-5-7-13-10/h10,13,15H,3-9H2,1-2H3,(H,14,16). The van der Waals surface area contributed by atoms with Crippen LogP contribution in [0.4, 0.5) is 0 Å². The first-order valence-electron chi connectivity index (χ1n) is 6.29. The Morgan fingerprint density at radius 1 is 1.50 bits per heavy atom. The van der Waals surface area contributed by atoms with Gasteiger partial charge < -0.3 is 15.7 Å². The summed E-state index contributed by atoms with van der Waals surface area (Å²) in [5, 5.41) is 15.5. The van der Waals surface area contributed by atoms with Crippen LogP contribution in [0.25, 0.3) is 0 Å². The smallest absolute Gasteiger partial charge is 0.237 e. The second kappa shape index (κ2) is 6.21. The molecule has 0 radical (unpaired) electrons. The fraction of sp³-hybridized carbons (Fsp3) is 0.917. The van der Waals surface area contributed by atoms with E-state index in [1.165, 1.54) is 0 Å². The van der Waals surface area contributed by atoms with Crippen LogP contribution in [0.3, 0.4) is 0 Å². The summed E-state index contributed by atoms with van der Waals surface area (Å²) in [6.45, 7) is 5.76. The molecule has 0 aromatic heterocycles. The van der Waals surface area contributed by atoms with E-state index in [0.717, 1.165) is 32.2 Å². The molecule has 0 aromatic carbocycles. The van der Waals surface area contributed by atoms with Gasteiger partial charge in [-0.2, -0.15) is 0 Å². The number of rotatable bonds is 6. The quantitative estimate of drug-likeness (QED) is 0.625. The fourth-order valence-corrected chi connectivity index (χ4v) is 2.09. The molecule has 1 fully saturated rings. The molecule has 1 rings (SSSR count). The third-order valence-corrected chi connectivity index (χ3v) is 3.85. The number of aliphatic hydroxyl groups is 1. The van der Waals surface area contributed by atoms with Gasteiger partial charge in [0.1, 0.15) is 0 Å². The van der Waals surface area contributed by atoms with E-state index in [9.17, 15) is 9.90 Å². The summed E-state index contributed by atoms with van der Waals surface area (Å²) in [4.78, 5) is 11.8. The number of nitrogens with one attached hydrogen (secondary N) is 2. The van der Waals surface area contributed by atoms with Crippen LogP contribution in [0.5, 0.6) is 0 Å². The first-order chi connectivity index (χ1) is 7.67. The first-order valence-corrected chi connectivity index (χ1v) is 6.29. The van der Waals surface area contributed by atoms with Gasteiger partial charge in [-0.15, -0.1) is 0 Å². The predicted molar refractivity (Wildman–Crippen MR) is 64.1 cm³/mol. The molecule has 1 aliphatic heterocycles. The van der Waals surface area contributed by atoms with Gasteiger partial charge in [-0.05, 0) is 32.2 Å². The SMILES string of the molecule is CCC(CC)(CO)CNC(=O)C1CCCN1. The van der Waals surface area contributed by atoms with E-state index in [0.29, 0.717) is 6.54 Å². The molecular weight excluding hydrogens is 204 g/mol. The maximum atomic E-state index is 11.8. The van der Waals surface area contributed by atoms with Crippen molar-refractivity contribution in [2.75, 3.05) is 19.7 Å². The maximum absolute atomic E-state index is 11.8. The lowest BCUT2D eigenvalue weighted by Crippen LogP contribution is -2.46. The highest BCUT2D eigenvalue weighted by atomic mass is 16.3. The van der Waals surface area contributed by atoms with Crippen molar-refractivity contribution in [2.45, 2.75) is 45.6 Å². The Balaban J connectivity index is 2.39. The van der Waals surface area contributed by atoms with Crippen molar-refractivity contribution in [1.29, 1.82) is 0 Å². The Labute approximate surface area is 97.8 Å². The minimum Gasteiger partial charge on any atom is -0.396 e. The Morgan fingerprint density at radius 2 is 2.19 bits per heavy atom. The molecule has 0 aromatic rings. The van der Waals surface area contributed by atoms with Crippen LogP contribution in [-0.2, 0) is 4.79 Å². The molecule has 16 heavy (non-hydrogen) atoms. The van der Waals surface area contributed by atoms with Crippen molar-refractivity contribution in [3.63, 3.8) is 0 Å². The summed E-state index contributed by atoms with van der Waals surface area (Å²) in [5.41, 5.74) is -0.145. The average molecular weight is 228 g/mol. The van der Waals surface area contributed by atoms with Crippen LogP contribution in [0.1, 0.15) is 39.5 Å². The maximum Gasteiger partial charge on any atom is 0.237 e. The number of amides is 1. The van der Waals surface area contributed by atoms with E-state index in [1.54, 1.807) is 0 Å². The molecule has 1 unspecified atom stereocenters. The van der Waals surface area contributed by atoms with Gasteiger partial charge in [-0.1, -0.05) is 13.8 Å². The van der Waals surface area contributed by atoms with Crippen molar-refractivity contribution in [3.05, 3.63) is 0 Å². The Hall–Kier alpha value is -0.610. The van der Waals surface area contributed by atoms with E-state index >= 15 is 0 Å². The molecule has 1 atom stereocenters. The van der Waals surface area contributed by atoms with Gasteiger partial charge in [0.25, 0.3) is 0 Å². The van der Waals surface area contributed by atoms with Gasteiger partial charge in [0.15, 0.2) is 0 Å². The molecule has 3 N–H and O–H groups in total. The van der Waals surface area contributed by atoms with E-state index in [4.69, 9.17) is 0 Å². The highest BCUT2D eigenvalue weighted by molar-refractivity contribution is 5.82. The Morgan fingerprint density at radius 3 is 2.62 bits per heavy atom. The lowest BCUT2D eigenvalue weighted by Gasteiger charge is -2.30. The Bertz CT molecular complexity index is 213. The molecule has 4 heteroatoms. The van der Waals surface area contributed by atoms with Crippen LogP contribution >= 0.6 is 0 Å². The summed E-state index contributed by atoms with van der Waals surface area (Å²) in [5.74, 6) is 0.0808. The van der Waals surface area contributed by atoms with Crippen LogP contribution < -0.4 is 10.6 Å². The number of carbonyl (C=O) groups excluding carboxylic acids is 1. The zero-order valence-corrected chi connectivity index (χ0v) is 10.4. The molecular formula is C12H24N2O2. The van der Waals surface area contributed by atoms with Gasteiger partial charge in [0, 0.05) is 12.0 Å². The number of hydrogen-bond acceptors (Lipinski definition) is 3. The molecule has 94 valence electrons. The average Bonchev–Trinajstić information content (AvgIpc) is 2.85. The highest BCUT2D eigenvalue weighted by Gasteiger charge is 2.28. The molecule has 1 amide bonds. The van der Waals surface area contributed by atoms with Gasteiger partial charge in [-0.3, -0.25) is 4.79 Å². The molecule has 1 aliphatic rings. The molecule has 0 bridgehead atoms. The van der Waals surface area contributed by atoms with E-state index < -0.39 is 0 Å². The third-order valence-electron chi connectivity index (χ3n) is 3.85. The fourth-order valence-electron chi connectivity index (χ4n) is 2.09. The lowest BCUT2D eigenvalue weighted by atomic mass is 9.83. The summed E-state index contributed by atoms with van der Waals surface area (Å²) in [6, 6.07) is -0.0231. The van der Waals surface area contributed by atoms with Crippen LogP contribution in [0, 0.1) is 5.41 Å². The number of hydrogen-bond donors (Lipinski definition) is 3. The summed E-state index contributed by atoms with van der Waals surface area (Å²) in [7, 11) is 0. The monoisotopic (exact) mass is 228 g/mol. The largest absolute Gasteiger partial charge is 0.396 e. The topological polar surface area (TPSA) is 61.4 Å². The van der Waals surface area contributed by atoms with Crippen molar-refractivity contribution in [3.8, 4) is 0 Å². The zero-order valence-electron chi connectivity index (χ0n) is 10.4. The van der Waals surface area contributed by atoms with Gasteiger partial charge in [0.05, 0.1) is 12.6 Å². The molecule has 4 nitrogen and oxygen atoms in total. The van der Waals surface area contributed by atoms with Gasteiger partial charge in [-0.25, -0.2) is 0 Å². The predicted octanol–water partition coefficient (Wildman–Crippen LogP) is 0.653. The van der Waals surface area contributed by atoms with E-state index in [2.05, 4.69) is 24.5 Å². The lowest BCUT2D eigenvalue weighted by molar-refractivity contribution is -0.123. The van der Waals surface area contributed by atoms with Crippen LogP contribution in [0.15, 0.2) is 0 Å². The second-order valence-corrected chi connectivity index (χ2v) is 4.73. The van der Waals surface area contributed by atoms with Crippen molar-refractivity contribution in [1.82, 2.24) is 10.6 Å². The van der Waals surface area contributed by atoms with Crippen LogP contribution in [-0.4, -0.2) is 36.8 Å². The molecule has 0 spiro atoms. The van der Waals surface area contributed by atoms with E-state index in [-0.39, 0.29) is 24.0 Å². The van der Waals surface area contributed by atoms with Gasteiger partial charge >= 0.3 is 0 Å². The minimum absolute atomic E-state index is 0.0231. The van der Waals surface area contributed by atoms with Gasteiger partial charge in [0.2, 0.25) is 5.91 Å². The normalized spacial score (nSPS) is 21.1. The zero-order chi connectivity index (χ0) is 12.0. The molecule has 1 heterocycles. The number of carbonyl (C=O) groups is 1. The van der Waals surface area contributed by atoms with Crippen molar-refractivity contribution in [2.24, 2.45) is 5.41 Å². The van der Waals surface area contributed by atoms with Crippen molar-refractivity contribution >= 4 is 5.91 Å². The molecule has 1 saturated heterocycles. The summed E-state index contributed by atoms with van der Waals surface area (Å²) < 4.78 is 0.